The van der Waals surface area contributed by atoms with E-state index < -0.39 is 18.0 Å². The number of ether oxygens (including phenoxy) is 4. The lowest BCUT2D eigenvalue weighted by atomic mass is 10.2. The molecule has 4 rings (SSSR count). The number of anilines is 1. The first-order valence-electron chi connectivity index (χ1n) is 8.91. The number of nitrogens with zero attached hydrogens (tertiary/aromatic N) is 1. The predicted octanol–water partition coefficient (Wildman–Crippen LogP) is 3.11. The number of hydrogen-bond acceptors (Lipinski definition) is 8. The van der Waals surface area contributed by atoms with E-state index >= 15 is 0 Å². The van der Waals surface area contributed by atoms with E-state index in [4.69, 9.17) is 18.9 Å². The summed E-state index contributed by atoms with van der Waals surface area (Å²) in [5.74, 6) is 0.0892. The van der Waals surface area contributed by atoms with Gasteiger partial charge in [-0.2, -0.15) is 0 Å². The van der Waals surface area contributed by atoms with Gasteiger partial charge in [0.25, 0.3) is 5.91 Å². The van der Waals surface area contributed by atoms with E-state index in [1.165, 1.54) is 18.3 Å². The molecule has 29 heavy (non-hydrogen) atoms. The maximum absolute atomic E-state index is 12.2. The second kappa shape index (κ2) is 8.46. The number of benzene rings is 2. The third-order valence-electron chi connectivity index (χ3n) is 4.10. The van der Waals surface area contributed by atoms with Crippen molar-refractivity contribution >= 4 is 39.1 Å². The second-order valence-electron chi connectivity index (χ2n) is 6.26. The zero-order valence-corrected chi connectivity index (χ0v) is 16.4. The third kappa shape index (κ3) is 4.64. The number of aromatic nitrogens is 1. The number of esters is 1. The fourth-order valence-electron chi connectivity index (χ4n) is 2.71. The normalized spacial score (nSPS) is 13.3. The van der Waals surface area contributed by atoms with E-state index in [1.54, 1.807) is 18.2 Å². The van der Waals surface area contributed by atoms with E-state index in [0.717, 1.165) is 15.2 Å². The molecule has 1 amide bonds. The van der Waals surface area contributed by atoms with Crippen molar-refractivity contribution in [3.8, 4) is 11.5 Å². The first-order valence-corrected chi connectivity index (χ1v) is 9.72. The molecular weight excluding hydrogens is 396 g/mol. The van der Waals surface area contributed by atoms with Crippen LogP contribution in [0.25, 0.3) is 10.2 Å². The number of para-hydroxylation sites is 1. The molecule has 8 nitrogen and oxygen atoms in total. The molecule has 2 aromatic carbocycles. The lowest BCUT2D eigenvalue weighted by Gasteiger charge is -2.13. The number of rotatable bonds is 7. The van der Waals surface area contributed by atoms with Gasteiger partial charge < -0.3 is 24.3 Å². The number of hydrogen-bond donors (Lipinski definition) is 1. The molecule has 0 radical (unpaired) electrons. The molecule has 9 heteroatoms. The lowest BCUT2D eigenvalue weighted by Crippen LogP contribution is -2.31. The Labute approximate surface area is 170 Å². The highest BCUT2D eigenvalue weighted by molar-refractivity contribution is 7.18. The Kier molecular flexibility index (Phi) is 5.59. The summed E-state index contributed by atoms with van der Waals surface area (Å²) in [5, 5.41) is 3.44. The third-order valence-corrected chi connectivity index (χ3v) is 5.11. The first-order chi connectivity index (χ1) is 14.1. The minimum Gasteiger partial charge on any atom is -0.454 e. The number of carbonyl (C=O) groups excluding carboxylic acids is 2. The van der Waals surface area contributed by atoms with Crippen LogP contribution in [0.5, 0.6) is 11.5 Å². The van der Waals surface area contributed by atoms with Crippen molar-refractivity contribution in [2.75, 3.05) is 18.7 Å². The molecule has 2 heterocycles. The molecule has 1 atom stereocenters. The Balaban J connectivity index is 1.22. The zero-order valence-electron chi connectivity index (χ0n) is 15.5. The maximum atomic E-state index is 12.2. The fourth-order valence-corrected chi connectivity index (χ4v) is 3.61. The van der Waals surface area contributed by atoms with Crippen molar-refractivity contribution < 1.29 is 28.5 Å². The standard InChI is InChI=1S/C20H18N2O6S/c1-12(20(24)21-13-6-7-15-16(8-13)27-11-26-15)28-19(23)10-25-9-18-22-14-4-2-3-5-17(14)29-18/h2-8,12H,9-11H2,1H3,(H,21,24)/t12-/m0/s1. The van der Waals surface area contributed by atoms with Gasteiger partial charge in [-0.3, -0.25) is 4.79 Å². The summed E-state index contributed by atoms with van der Waals surface area (Å²) < 4.78 is 22.0. The summed E-state index contributed by atoms with van der Waals surface area (Å²) in [6.45, 7) is 1.58. The summed E-state index contributed by atoms with van der Waals surface area (Å²) in [6.07, 6.45) is -0.973. The minimum absolute atomic E-state index is 0.151. The van der Waals surface area contributed by atoms with Gasteiger partial charge in [-0.15, -0.1) is 11.3 Å². The Morgan fingerprint density at radius 1 is 1.21 bits per heavy atom. The zero-order chi connectivity index (χ0) is 20.2. The number of nitrogens with one attached hydrogen (secondary N) is 1. The Hall–Kier alpha value is -3.17. The first kappa shape index (κ1) is 19.2. The van der Waals surface area contributed by atoms with E-state index in [0.29, 0.717) is 17.2 Å². The Bertz CT molecular complexity index is 1020. The van der Waals surface area contributed by atoms with Crippen molar-refractivity contribution in [2.24, 2.45) is 0 Å². The molecule has 0 unspecified atom stereocenters. The molecule has 3 aromatic rings. The van der Waals surface area contributed by atoms with E-state index in [1.807, 2.05) is 24.3 Å². The minimum atomic E-state index is -0.973. The molecule has 0 saturated carbocycles. The summed E-state index contributed by atoms with van der Waals surface area (Å²) in [6, 6.07) is 12.8. The molecule has 1 aliphatic rings. The average molecular weight is 414 g/mol. The molecule has 1 aliphatic heterocycles. The van der Waals surface area contributed by atoms with Gasteiger partial charge in [0, 0.05) is 11.8 Å². The maximum Gasteiger partial charge on any atom is 0.332 e. The topological polar surface area (TPSA) is 96.0 Å². The molecule has 0 aliphatic carbocycles. The van der Waals surface area contributed by atoms with Gasteiger partial charge >= 0.3 is 5.97 Å². The SMILES string of the molecule is C[C@H](OC(=O)COCc1nc2ccccc2s1)C(=O)Nc1ccc2c(c1)OCO2. The van der Waals surface area contributed by atoms with Crippen molar-refractivity contribution in [3.63, 3.8) is 0 Å². The lowest BCUT2D eigenvalue weighted by molar-refractivity contribution is -0.157. The van der Waals surface area contributed by atoms with E-state index in [9.17, 15) is 9.59 Å². The van der Waals surface area contributed by atoms with Crippen LogP contribution in [0.3, 0.4) is 0 Å². The van der Waals surface area contributed by atoms with Crippen molar-refractivity contribution in [3.05, 3.63) is 47.5 Å². The smallest absolute Gasteiger partial charge is 0.332 e. The van der Waals surface area contributed by atoms with Crippen LogP contribution in [0, 0.1) is 0 Å². The van der Waals surface area contributed by atoms with Gasteiger partial charge in [-0.25, -0.2) is 9.78 Å². The highest BCUT2D eigenvalue weighted by atomic mass is 32.1. The van der Waals surface area contributed by atoms with Gasteiger partial charge in [0.15, 0.2) is 17.6 Å². The van der Waals surface area contributed by atoms with Crippen LogP contribution >= 0.6 is 11.3 Å². The molecule has 0 saturated heterocycles. The molecule has 0 fully saturated rings. The summed E-state index contributed by atoms with van der Waals surface area (Å²) >= 11 is 1.51. The highest BCUT2D eigenvalue weighted by Crippen LogP contribution is 2.34. The monoisotopic (exact) mass is 414 g/mol. The van der Waals surface area contributed by atoms with Crippen molar-refractivity contribution in [1.82, 2.24) is 4.98 Å². The quantitative estimate of drug-likeness (QED) is 0.594. The molecule has 1 N–H and O–H groups in total. The van der Waals surface area contributed by atoms with Crippen LogP contribution < -0.4 is 14.8 Å². The summed E-state index contributed by atoms with van der Waals surface area (Å²) in [7, 11) is 0. The number of carbonyl (C=O) groups is 2. The molecular formula is C20H18N2O6S. The predicted molar refractivity (Wildman–Crippen MR) is 106 cm³/mol. The van der Waals surface area contributed by atoms with Gasteiger partial charge in [0.1, 0.15) is 11.6 Å². The van der Waals surface area contributed by atoms with Gasteiger partial charge in [-0.1, -0.05) is 12.1 Å². The van der Waals surface area contributed by atoms with E-state index in [-0.39, 0.29) is 20.0 Å². The van der Waals surface area contributed by atoms with E-state index in [2.05, 4.69) is 10.3 Å². The van der Waals surface area contributed by atoms with Crippen LogP contribution in [0.2, 0.25) is 0 Å². The van der Waals surface area contributed by atoms with Crippen LogP contribution in [-0.2, 0) is 25.7 Å². The molecule has 1 aromatic heterocycles. The fraction of sp³-hybridized carbons (Fsp3) is 0.250. The number of fused-ring (bicyclic) bond motifs is 2. The van der Waals surface area contributed by atoms with Gasteiger partial charge in [0.2, 0.25) is 6.79 Å². The molecule has 0 spiro atoms. The number of amides is 1. The summed E-state index contributed by atoms with van der Waals surface area (Å²) in [4.78, 5) is 28.6. The van der Waals surface area contributed by atoms with Crippen molar-refractivity contribution in [2.45, 2.75) is 19.6 Å². The van der Waals surface area contributed by atoms with Crippen LogP contribution in [0.4, 0.5) is 5.69 Å². The average Bonchev–Trinajstić information content (AvgIpc) is 3.33. The van der Waals surface area contributed by atoms with Gasteiger partial charge in [0.05, 0.1) is 16.8 Å². The second-order valence-corrected chi connectivity index (χ2v) is 7.37. The van der Waals surface area contributed by atoms with Crippen molar-refractivity contribution in [1.29, 1.82) is 0 Å². The Morgan fingerprint density at radius 3 is 2.90 bits per heavy atom. The van der Waals surface area contributed by atoms with Crippen LogP contribution in [-0.4, -0.2) is 36.4 Å². The largest absolute Gasteiger partial charge is 0.454 e. The van der Waals surface area contributed by atoms with Gasteiger partial charge in [-0.05, 0) is 31.2 Å². The summed E-state index contributed by atoms with van der Waals surface area (Å²) in [5.41, 5.74) is 1.42. The molecule has 0 bridgehead atoms. The Morgan fingerprint density at radius 2 is 2.03 bits per heavy atom. The molecule has 150 valence electrons. The van der Waals surface area contributed by atoms with Crippen LogP contribution in [0.15, 0.2) is 42.5 Å². The number of thiazole rings is 1. The van der Waals surface area contributed by atoms with Crippen LogP contribution in [0.1, 0.15) is 11.9 Å². The highest BCUT2D eigenvalue weighted by Gasteiger charge is 2.20.